The van der Waals surface area contributed by atoms with Gasteiger partial charge < -0.3 is 4.98 Å². The average molecular weight is 493 g/mol. The lowest BCUT2D eigenvalue weighted by atomic mass is 10.1. The first-order valence-electron chi connectivity index (χ1n) is 9.70. The van der Waals surface area contributed by atoms with Gasteiger partial charge in [0.05, 0.1) is 16.8 Å². The van der Waals surface area contributed by atoms with Crippen LogP contribution in [0.1, 0.15) is 11.4 Å². The molecule has 0 atom stereocenters. The van der Waals surface area contributed by atoms with Crippen molar-refractivity contribution in [3.8, 4) is 0 Å². The number of aromatic amines is 1. The monoisotopic (exact) mass is 492 g/mol. The van der Waals surface area contributed by atoms with Crippen molar-refractivity contribution in [2.75, 3.05) is 0 Å². The normalized spacial score (nSPS) is 11.4. The summed E-state index contributed by atoms with van der Waals surface area (Å²) in [6.45, 7) is 0.512. The highest BCUT2D eigenvalue weighted by Crippen LogP contribution is 2.23. The lowest BCUT2D eigenvalue weighted by Crippen LogP contribution is -2.25. The van der Waals surface area contributed by atoms with Gasteiger partial charge in [-0.2, -0.15) is 0 Å². The van der Waals surface area contributed by atoms with E-state index in [1.54, 1.807) is 10.8 Å². The van der Waals surface area contributed by atoms with Crippen LogP contribution in [0.25, 0.3) is 22.2 Å². The molecule has 0 bridgehead atoms. The predicted octanol–water partition coefficient (Wildman–Crippen LogP) is 4.36. The Morgan fingerprint density at radius 1 is 1.03 bits per heavy atom. The number of imidazole rings is 1. The number of thioether (sulfide) groups is 1. The summed E-state index contributed by atoms with van der Waals surface area (Å²) in [6, 6.07) is 16.0. The van der Waals surface area contributed by atoms with Crippen molar-refractivity contribution < 1.29 is 0 Å². The molecule has 0 aliphatic rings. The Morgan fingerprint density at radius 3 is 2.74 bits per heavy atom. The minimum absolute atomic E-state index is 0.176. The van der Waals surface area contributed by atoms with Crippen LogP contribution in [0.15, 0.2) is 75.3 Å². The highest BCUT2D eigenvalue weighted by atomic mass is 79.9. The second-order valence-corrected chi connectivity index (χ2v) is 8.81. The number of aryl methyl sites for hydroxylation is 1. The first-order valence-corrected chi connectivity index (χ1v) is 11.5. The quantitative estimate of drug-likeness (QED) is 0.279. The van der Waals surface area contributed by atoms with Crippen LogP contribution in [-0.4, -0.2) is 29.5 Å². The van der Waals surface area contributed by atoms with Crippen LogP contribution >= 0.6 is 27.7 Å². The summed E-state index contributed by atoms with van der Waals surface area (Å²) >= 11 is 4.94. The fourth-order valence-electron chi connectivity index (χ4n) is 3.36. The van der Waals surface area contributed by atoms with Gasteiger partial charge in [-0.3, -0.25) is 9.36 Å². The summed E-state index contributed by atoms with van der Waals surface area (Å²) in [4.78, 5) is 34.2. The van der Waals surface area contributed by atoms with Gasteiger partial charge in [-0.1, -0.05) is 58.0 Å². The highest BCUT2D eigenvalue weighted by molar-refractivity contribution is 9.10. The van der Waals surface area contributed by atoms with Crippen molar-refractivity contribution in [2.24, 2.45) is 0 Å². The van der Waals surface area contributed by atoms with Gasteiger partial charge in [0, 0.05) is 23.4 Å². The number of aromatic nitrogens is 6. The molecule has 0 fully saturated rings. The van der Waals surface area contributed by atoms with Crippen LogP contribution in [0.5, 0.6) is 0 Å². The zero-order chi connectivity index (χ0) is 21.2. The molecule has 3 heterocycles. The van der Waals surface area contributed by atoms with E-state index in [1.165, 1.54) is 18.0 Å². The van der Waals surface area contributed by atoms with Crippen molar-refractivity contribution in [2.45, 2.75) is 23.9 Å². The maximum Gasteiger partial charge on any atom is 0.282 e. The van der Waals surface area contributed by atoms with Crippen LogP contribution in [0, 0.1) is 0 Å². The maximum absolute atomic E-state index is 13.1. The fourth-order valence-corrected chi connectivity index (χ4v) is 4.59. The van der Waals surface area contributed by atoms with Gasteiger partial charge in [0.15, 0.2) is 16.3 Å². The Balaban J connectivity index is 1.47. The van der Waals surface area contributed by atoms with Crippen molar-refractivity contribution in [3.63, 3.8) is 0 Å². The molecule has 0 unspecified atom stereocenters. The number of hydrogen-bond donors (Lipinski definition) is 1. The number of halogens is 1. The molecule has 0 saturated carbocycles. The molecule has 31 heavy (non-hydrogen) atoms. The number of nitrogens with zero attached hydrogens (tertiary/aromatic N) is 5. The van der Waals surface area contributed by atoms with E-state index in [0.717, 1.165) is 33.3 Å². The van der Waals surface area contributed by atoms with Crippen molar-refractivity contribution in [3.05, 3.63) is 87.1 Å². The molecule has 5 aromatic rings. The number of rotatable bonds is 6. The summed E-state index contributed by atoms with van der Waals surface area (Å²) in [7, 11) is 0. The van der Waals surface area contributed by atoms with Crippen LogP contribution in [0.3, 0.4) is 0 Å². The molecule has 0 saturated heterocycles. The third-order valence-corrected chi connectivity index (χ3v) is 6.34. The predicted molar refractivity (Wildman–Crippen MR) is 125 cm³/mol. The van der Waals surface area contributed by atoms with Crippen molar-refractivity contribution in [1.29, 1.82) is 0 Å². The zero-order valence-electron chi connectivity index (χ0n) is 16.3. The SMILES string of the molecule is O=c1c2nccnc2nc(SCc2nc3cc(Br)ccc3[nH]2)n1CCc1ccccc1. The van der Waals surface area contributed by atoms with Crippen LogP contribution in [-0.2, 0) is 18.7 Å². The van der Waals surface area contributed by atoms with Gasteiger partial charge in [-0.25, -0.2) is 19.9 Å². The van der Waals surface area contributed by atoms with Gasteiger partial charge in [-0.05, 0) is 30.2 Å². The largest absolute Gasteiger partial charge is 0.341 e. The number of hydrogen-bond acceptors (Lipinski definition) is 6. The maximum atomic E-state index is 13.1. The standard InChI is InChI=1S/C22H17BrN6OS/c23-15-6-7-16-17(12-15)27-18(26-16)13-31-22-28-20-19(24-9-10-25-20)21(30)29(22)11-8-14-4-2-1-3-5-14/h1-7,9-10,12H,8,11,13H2,(H,26,27). The molecule has 3 aromatic heterocycles. The van der Waals surface area contributed by atoms with Crippen LogP contribution in [0.2, 0.25) is 0 Å². The van der Waals surface area contributed by atoms with Crippen LogP contribution < -0.4 is 5.56 Å². The Morgan fingerprint density at radius 2 is 1.87 bits per heavy atom. The second-order valence-electron chi connectivity index (χ2n) is 6.95. The minimum atomic E-state index is -0.176. The highest BCUT2D eigenvalue weighted by Gasteiger charge is 2.14. The lowest BCUT2D eigenvalue weighted by Gasteiger charge is -2.12. The first-order chi connectivity index (χ1) is 15.2. The molecule has 154 valence electrons. The summed E-state index contributed by atoms with van der Waals surface area (Å²) in [5.41, 5.74) is 3.49. The van der Waals surface area contributed by atoms with Crippen LogP contribution in [0.4, 0.5) is 0 Å². The number of nitrogens with one attached hydrogen (secondary N) is 1. The molecule has 1 N–H and O–H groups in total. The van der Waals surface area contributed by atoms with Crippen molar-refractivity contribution in [1.82, 2.24) is 29.5 Å². The van der Waals surface area contributed by atoms with E-state index >= 15 is 0 Å². The molecule has 5 rings (SSSR count). The lowest BCUT2D eigenvalue weighted by molar-refractivity contribution is 0.592. The third kappa shape index (κ3) is 4.24. The molecule has 0 aliphatic carbocycles. The van der Waals surface area contributed by atoms with Gasteiger partial charge in [0.2, 0.25) is 0 Å². The molecule has 0 spiro atoms. The van der Waals surface area contributed by atoms with E-state index < -0.39 is 0 Å². The number of fused-ring (bicyclic) bond motifs is 2. The Labute approximate surface area is 190 Å². The van der Waals surface area contributed by atoms with E-state index in [1.807, 2.05) is 36.4 Å². The Hall–Kier alpha value is -3.04. The summed E-state index contributed by atoms with van der Waals surface area (Å²) in [6.07, 6.45) is 3.79. The van der Waals surface area contributed by atoms with E-state index in [-0.39, 0.29) is 11.1 Å². The topological polar surface area (TPSA) is 89.3 Å². The summed E-state index contributed by atoms with van der Waals surface area (Å²) < 4.78 is 2.67. The molecular formula is C22H17BrN6OS. The molecule has 0 aliphatic heterocycles. The molecule has 9 heteroatoms. The molecule has 7 nitrogen and oxygen atoms in total. The van der Waals surface area contributed by atoms with Gasteiger partial charge >= 0.3 is 0 Å². The average Bonchev–Trinajstić information content (AvgIpc) is 3.20. The van der Waals surface area contributed by atoms with Gasteiger partial charge in [-0.15, -0.1) is 0 Å². The first kappa shape index (κ1) is 19.9. The van der Waals surface area contributed by atoms with E-state index in [4.69, 9.17) is 0 Å². The fraction of sp³-hybridized carbons (Fsp3) is 0.136. The summed E-state index contributed by atoms with van der Waals surface area (Å²) in [5.74, 6) is 1.37. The molecule has 0 radical (unpaired) electrons. The van der Waals surface area contributed by atoms with E-state index in [2.05, 4.69) is 53.0 Å². The number of benzene rings is 2. The molecule has 0 amide bonds. The zero-order valence-corrected chi connectivity index (χ0v) is 18.7. The van der Waals surface area contributed by atoms with Gasteiger partial charge in [0.25, 0.3) is 5.56 Å². The summed E-state index contributed by atoms with van der Waals surface area (Å²) in [5, 5.41) is 0.607. The third-order valence-electron chi connectivity index (χ3n) is 4.86. The van der Waals surface area contributed by atoms with E-state index in [9.17, 15) is 4.79 Å². The van der Waals surface area contributed by atoms with E-state index in [0.29, 0.717) is 23.1 Å². The number of H-pyrrole nitrogens is 1. The van der Waals surface area contributed by atoms with Gasteiger partial charge in [0.1, 0.15) is 5.82 Å². The Kier molecular flexibility index (Phi) is 5.52. The van der Waals surface area contributed by atoms with Crippen molar-refractivity contribution >= 4 is 49.9 Å². The smallest absolute Gasteiger partial charge is 0.282 e. The molecular weight excluding hydrogens is 476 g/mol. The second kappa shape index (κ2) is 8.60. The molecule has 2 aromatic carbocycles. The minimum Gasteiger partial charge on any atom is -0.341 e. The Bertz CT molecular complexity index is 1430.